The van der Waals surface area contributed by atoms with Crippen LogP contribution < -0.4 is 16.2 Å². The molecule has 19 heavy (non-hydrogen) atoms. The van der Waals surface area contributed by atoms with E-state index >= 15 is 0 Å². The third-order valence-electron chi connectivity index (χ3n) is 3.13. The van der Waals surface area contributed by atoms with E-state index in [2.05, 4.69) is 13.8 Å². The van der Waals surface area contributed by atoms with Crippen LogP contribution in [0.25, 0.3) is 0 Å². The lowest BCUT2D eigenvalue weighted by atomic mass is 9.94. The van der Waals surface area contributed by atoms with Crippen molar-refractivity contribution in [1.29, 1.82) is 0 Å². The third-order valence-corrected chi connectivity index (χ3v) is 3.13. The Morgan fingerprint density at radius 3 is 2.47 bits per heavy atom. The minimum atomic E-state index is -1.03. The number of methoxy groups -OCH3 is 1. The number of hydrogen-bond donors (Lipinski definition) is 3. The number of carboxylic acid groups (broad SMARTS) is 1. The maximum Gasteiger partial charge on any atom is 0.320 e. The SMILES string of the molecule is COc1ccc(C(N)CC(N)C(=O)O)cc1C(C)C. The predicted octanol–water partition coefficient (Wildman–Crippen LogP) is 1.62. The highest BCUT2D eigenvalue weighted by atomic mass is 16.5. The fourth-order valence-corrected chi connectivity index (χ4v) is 1.95. The van der Waals surface area contributed by atoms with Crippen molar-refractivity contribution in [3.63, 3.8) is 0 Å². The van der Waals surface area contributed by atoms with E-state index in [9.17, 15) is 4.79 Å². The summed E-state index contributed by atoms with van der Waals surface area (Å²) in [5, 5.41) is 8.80. The highest BCUT2D eigenvalue weighted by molar-refractivity contribution is 5.73. The molecule has 0 fully saturated rings. The standard InChI is InChI=1S/C14H22N2O3/c1-8(2)10-6-9(4-5-13(10)19-3)11(15)7-12(16)14(17)18/h4-6,8,11-12H,7,15-16H2,1-3H3,(H,17,18). The maximum atomic E-state index is 10.7. The number of aliphatic carboxylic acids is 1. The van der Waals surface area contributed by atoms with Gasteiger partial charge in [0.15, 0.2) is 0 Å². The van der Waals surface area contributed by atoms with E-state index in [4.69, 9.17) is 21.3 Å². The number of hydrogen-bond acceptors (Lipinski definition) is 4. The second-order valence-corrected chi connectivity index (χ2v) is 4.94. The smallest absolute Gasteiger partial charge is 0.320 e. The molecular formula is C14H22N2O3. The first-order chi connectivity index (χ1) is 8.86. The second kappa shape index (κ2) is 6.54. The van der Waals surface area contributed by atoms with Crippen LogP contribution in [0.4, 0.5) is 0 Å². The summed E-state index contributed by atoms with van der Waals surface area (Å²) in [7, 11) is 1.63. The van der Waals surface area contributed by atoms with Gasteiger partial charge in [0.05, 0.1) is 7.11 Å². The van der Waals surface area contributed by atoms with E-state index in [0.29, 0.717) is 5.92 Å². The largest absolute Gasteiger partial charge is 0.496 e. The monoisotopic (exact) mass is 266 g/mol. The molecule has 1 aromatic rings. The zero-order chi connectivity index (χ0) is 14.6. The van der Waals surface area contributed by atoms with Gasteiger partial charge in [0, 0.05) is 6.04 Å². The first kappa shape index (κ1) is 15.5. The normalized spacial score (nSPS) is 14.2. The molecule has 2 unspecified atom stereocenters. The molecule has 5 nitrogen and oxygen atoms in total. The van der Waals surface area contributed by atoms with Crippen LogP contribution in [-0.2, 0) is 4.79 Å². The van der Waals surface area contributed by atoms with Gasteiger partial charge in [-0.3, -0.25) is 4.79 Å². The van der Waals surface area contributed by atoms with E-state index in [-0.39, 0.29) is 6.42 Å². The molecule has 106 valence electrons. The Labute approximate surface area is 113 Å². The Balaban J connectivity index is 2.95. The Hall–Kier alpha value is -1.59. The lowest BCUT2D eigenvalue weighted by molar-refractivity contribution is -0.138. The molecule has 0 saturated carbocycles. The van der Waals surface area contributed by atoms with Gasteiger partial charge in [0.25, 0.3) is 0 Å². The number of rotatable bonds is 6. The summed E-state index contributed by atoms with van der Waals surface area (Å²) in [5.41, 5.74) is 13.4. The summed E-state index contributed by atoms with van der Waals surface area (Å²) in [4.78, 5) is 10.7. The average molecular weight is 266 g/mol. The molecular weight excluding hydrogens is 244 g/mol. The number of carbonyl (C=O) groups is 1. The first-order valence-electron chi connectivity index (χ1n) is 6.28. The van der Waals surface area contributed by atoms with Crippen molar-refractivity contribution >= 4 is 5.97 Å². The van der Waals surface area contributed by atoms with Crippen molar-refractivity contribution in [3.8, 4) is 5.75 Å². The van der Waals surface area contributed by atoms with Gasteiger partial charge < -0.3 is 21.3 Å². The summed E-state index contributed by atoms with van der Waals surface area (Å²) in [5.74, 6) is 0.0803. The van der Waals surface area contributed by atoms with Crippen molar-refractivity contribution in [2.45, 2.75) is 38.3 Å². The molecule has 5 N–H and O–H groups in total. The highest BCUT2D eigenvalue weighted by Crippen LogP contribution is 2.29. The van der Waals surface area contributed by atoms with Gasteiger partial charge in [0.1, 0.15) is 11.8 Å². The molecule has 5 heteroatoms. The number of ether oxygens (including phenoxy) is 1. The van der Waals surface area contributed by atoms with Gasteiger partial charge in [-0.05, 0) is 29.5 Å². The van der Waals surface area contributed by atoms with Crippen LogP contribution in [0.5, 0.6) is 5.75 Å². The van der Waals surface area contributed by atoms with Crippen LogP contribution in [0.2, 0.25) is 0 Å². The molecule has 0 aliphatic carbocycles. The minimum absolute atomic E-state index is 0.208. The van der Waals surface area contributed by atoms with E-state index < -0.39 is 18.1 Å². The topological polar surface area (TPSA) is 98.6 Å². The van der Waals surface area contributed by atoms with Crippen LogP contribution in [0, 0.1) is 0 Å². The van der Waals surface area contributed by atoms with E-state index in [1.54, 1.807) is 7.11 Å². The Morgan fingerprint density at radius 2 is 2.00 bits per heavy atom. The van der Waals surface area contributed by atoms with Crippen LogP contribution >= 0.6 is 0 Å². The third kappa shape index (κ3) is 3.94. The fourth-order valence-electron chi connectivity index (χ4n) is 1.95. The Kier molecular flexibility index (Phi) is 5.32. The Morgan fingerprint density at radius 1 is 1.37 bits per heavy atom. The molecule has 0 spiro atoms. The molecule has 1 aromatic carbocycles. The number of nitrogens with two attached hydrogens (primary N) is 2. The second-order valence-electron chi connectivity index (χ2n) is 4.94. The molecule has 1 rings (SSSR count). The van der Waals surface area contributed by atoms with Gasteiger partial charge in [-0.15, -0.1) is 0 Å². The number of benzene rings is 1. The summed E-state index contributed by atoms with van der Waals surface area (Å²) in [6.45, 7) is 4.13. The van der Waals surface area contributed by atoms with Crippen LogP contribution in [0.15, 0.2) is 18.2 Å². The minimum Gasteiger partial charge on any atom is -0.496 e. The molecule has 0 aliphatic heterocycles. The van der Waals surface area contributed by atoms with Crippen LogP contribution in [-0.4, -0.2) is 24.2 Å². The summed E-state index contributed by atoms with van der Waals surface area (Å²) in [6, 6.07) is 4.33. The summed E-state index contributed by atoms with van der Waals surface area (Å²) >= 11 is 0. The van der Waals surface area contributed by atoms with Gasteiger partial charge in [-0.1, -0.05) is 26.0 Å². The van der Waals surface area contributed by atoms with Crippen molar-refractivity contribution in [1.82, 2.24) is 0 Å². The number of carboxylic acids is 1. The summed E-state index contributed by atoms with van der Waals surface area (Å²) in [6.07, 6.45) is 0.208. The zero-order valence-corrected chi connectivity index (χ0v) is 11.6. The predicted molar refractivity (Wildman–Crippen MR) is 74.2 cm³/mol. The van der Waals surface area contributed by atoms with Crippen molar-refractivity contribution in [3.05, 3.63) is 29.3 Å². The Bertz CT molecular complexity index is 446. The average Bonchev–Trinajstić information content (AvgIpc) is 2.37. The highest BCUT2D eigenvalue weighted by Gasteiger charge is 2.18. The van der Waals surface area contributed by atoms with E-state index in [1.165, 1.54) is 0 Å². The lowest BCUT2D eigenvalue weighted by Crippen LogP contribution is -2.33. The molecule has 0 saturated heterocycles. The van der Waals surface area contributed by atoms with Crippen molar-refractivity contribution < 1.29 is 14.6 Å². The van der Waals surface area contributed by atoms with Crippen LogP contribution in [0.1, 0.15) is 43.4 Å². The molecule has 0 bridgehead atoms. The fraction of sp³-hybridized carbons (Fsp3) is 0.500. The lowest BCUT2D eigenvalue weighted by Gasteiger charge is -2.18. The van der Waals surface area contributed by atoms with E-state index in [0.717, 1.165) is 16.9 Å². The molecule has 0 aliphatic rings. The first-order valence-corrected chi connectivity index (χ1v) is 6.28. The molecule has 0 radical (unpaired) electrons. The van der Waals surface area contributed by atoms with Crippen molar-refractivity contribution in [2.24, 2.45) is 11.5 Å². The molecule has 0 heterocycles. The zero-order valence-electron chi connectivity index (χ0n) is 11.6. The molecule has 0 aromatic heterocycles. The molecule has 0 amide bonds. The molecule has 2 atom stereocenters. The van der Waals surface area contributed by atoms with Gasteiger partial charge in [-0.2, -0.15) is 0 Å². The van der Waals surface area contributed by atoms with E-state index in [1.807, 2.05) is 18.2 Å². The van der Waals surface area contributed by atoms with Gasteiger partial charge in [-0.25, -0.2) is 0 Å². The quantitative estimate of drug-likeness (QED) is 0.726. The van der Waals surface area contributed by atoms with Crippen LogP contribution in [0.3, 0.4) is 0 Å². The van der Waals surface area contributed by atoms with Gasteiger partial charge in [0.2, 0.25) is 0 Å². The summed E-state index contributed by atoms with van der Waals surface area (Å²) < 4.78 is 5.30. The van der Waals surface area contributed by atoms with Crippen molar-refractivity contribution in [2.75, 3.05) is 7.11 Å². The van der Waals surface area contributed by atoms with Gasteiger partial charge >= 0.3 is 5.97 Å². The maximum absolute atomic E-state index is 10.7.